The number of halogens is 1. The molecule has 0 spiro atoms. The van der Waals surface area contributed by atoms with Gasteiger partial charge in [0.05, 0.1) is 0 Å². The lowest BCUT2D eigenvalue weighted by Crippen LogP contribution is -2.24. The van der Waals surface area contributed by atoms with Gasteiger partial charge in [0.15, 0.2) is 0 Å². The molecule has 3 nitrogen and oxygen atoms in total. The molecule has 3 N–H and O–H groups in total. The minimum Gasteiger partial charge on any atom is -0.384 e. The smallest absolute Gasteiger partial charge is 0.128 e. The largest absolute Gasteiger partial charge is 0.384 e. The number of nitrogens with one attached hydrogen (secondary N) is 1. The van der Waals surface area contributed by atoms with Crippen molar-refractivity contribution in [2.24, 2.45) is 5.73 Å². The molecule has 0 radical (unpaired) electrons. The summed E-state index contributed by atoms with van der Waals surface area (Å²) in [5, 5.41) is 7.25. The SMILES string of the molecule is CCCN(CC)Cc1ccc(C(=N)N)cc1F. The van der Waals surface area contributed by atoms with Crippen LogP contribution in [0.3, 0.4) is 0 Å². The first-order valence-electron chi connectivity index (χ1n) is 5.93. The monoisotopic (exact) mass is 237 g/mol. The Morgan fingerprint density at radius 3 is 2.59 bits per heavy atom. The molecule has 0 atom stereocenters. The van der Waals surface area contributed by atoms with Crippen LogP contribution < -0.4 is 5.73 Å². The topological polar surface area (TPSA) is 53.1 Å². The second-order valence-electron chi connectivity index (χ2n) is 4.09. The van der Waals surface area contributed by atoms with Gasteiger partial charge in [-0.3, -0.25) is 10.3 Å². The number of rotatable bonds is 6. The van der Waals surface area contributed by atoms with E-state index in [1.165, 1.54) is 6.07 Å². The number of nitrogens with zero attached hydrogens (tertiary/aromatic N) is 1. The lowest BCUT2D eigenvalue weighted by Gasteiger charge is -2.20. The zero-order valence-electron chi connectivity index (χ0n) is 10.5. The lowest BCUT2D eigenvalue weighted by molar-refractivity contribution is 0.276. The summed E-state index contributed by atoms with van der Waals surface area (Å²) in [6, 6.07) is 4.74. The van der Waals surface area contributed by atoms with Crippen molar-refractivity contribution >= 4 is 5.84 Å². The Labute approximate surface area is 102 Å². The zero-order valence-corrected chi connectivity index (χ0v) is 10.5. The Hall–Kier alpha value is -1.42. The molecule has 0 unspecified atom stereocenters. The van der Waals surface area contributed by atoms with Crippen molar-refractivity contribution < 1.29 is 4.39 Å². The van der Waals surface area contributed by atoms with Gasteiger partial charge < -0.3 is 5.73 Å². The average Bonchev–Trinajstić information content (AvgIpc) is 2.30. The van der Waals surface area contributed by atoms with Crippen LogP contribution >= 0.6 is 0 Å². The molecule has 0 aliphatic carbocycles. The molecule has 4 heteroatoms. The summed E-state index contributed by atoms with van der Waals surface area (Å²) >= 11 is 0. The summed E-state index contributed by atoms with van der Waals surface area (Å²) in [6.07, 6.45) is 1.06. The van der Waals surface area contributed by atoms with Crippen LogP contribution in [0.15, 0.2) is 18.2 Å². The number of nitrogen functional groups attached to an aromatic ring is 1. The molecular weight excluding hydrogens is 217 g/mol. The van der Waals surface area contributed by atoms with Crippen molar-refractivity contribution in [1.29, 1.82) is 5.41 Å². The number of hydrogen-bond donors (Lipinski definition) is 2. The second kappa shape index (κ2) is 6.35. The van der Waals surface area contributed by atoms with Crippen molar-refractivity contribution in [3.8, 4) is 0 Å². The van der Waals surface area contributed by atoms with E-state index in [0.29, 0.717) is 17.7 Å². The third-order valence-electron chi connectivity index (χ3n) is 2.75. The fraction of sp³-hybridized carbons (Fsp3) is 0.462. The molecule has 1 aromatic carbocycles. The standard InChI is InChI=1S/C13H20FN3/c1-3-7-17(4-2)9-11-6-5-10(13(15)16)8-12(11)14/h5-6,8H,3-4,7,9H2,1-2H3,(H3,15,16). The molecule has 0 aromatic heterocycles. The first-order valence-corrected chi connectivity index (χ1v) is 5.93. The lowest BCUT2D eigenvalue weighted by atomic mass is 10.1. The molecule has 94 valence electrons. The van der Waals surface area contributed by atoms with Gasteiger partial charge in [-0.25, -0.2) is 4.39 Å². The Bertz CT molecular complexity index is 390. The number of nitrogens with two attached hydrogens (primary N) is 1. The van der Waals surface area contributed by atoms with E-state index < -0.39 is 0 Å². The number of hydrogen-bond acceptors (Lipinski definition) is 2. The van der Waals surface area contributed by atoms with Crippen LogP contribution in [0.25, 0.3) is 0 Å². The van der Waals surface area contributed by atoms with E-state index in [0.717, 1.165) is 19.5 Å². The highest BCUT2D eigenvalue weighted by atomic mass is 19.1. The van der Waals surface area contributed by atoms with Crippen LogP contribution in [0.4, 0.5) is 4.39 Å². The van der Waals surface area contributed by atoms with E-state index >= 15 is 0 Å². The third-order valence-corrected chi connectivity index (χ3v) is 2.75. The summed E-state index contributed by atoms with van der Waals surface area (Å²) in [4.78, 5) is 2.19. The Kier molecular flexibility index (Phi) is 5.10. The molecule has 0 saturated carbocycles. The maximum absolute atomic E-state index is 13.8. The van der Waals surface area contributed by atoms with E-state index in [9.17, 15) is 4.39 Å². The fourth-order valence-electron chi connectivity index (χ4n) is 1.75. The molecule has 1 rings (SSSR count). The summed E-state index contributed by atoms with van der Waals surface area (Å²) in [5.74, 6) is -0.386. The van der Waals surface area contributed by atoms with Gasteiger partial charge in [0.2, 0.25) is 0 Å². The summed E-state index contributed by atoms with van der Waals surface area (Å²) in [7, 11) is 0. The summed E-state index contributed by atoms with van der Waals surface area (Å²) < 4.78 is 13.8. The van der Waals surface area contributed by atoms with Crippen molar-refractivity contribution in [3.05, 3.63) is 35.1 Å². The molecule has 0 aliphatic heterocycles. The first-order chi connectivity index (χ1) is 8.08. The van der Waals surface area contributed by atoms with Crippen LogP contribution in [0.2, 0.25) is 0 Å². The highest BCUT2D eigenvalue weighted by Crippen LogP contribution is 2.13. The molecule has 0 aliphatic rings. The van der Waals surface area contributed by atoms with Crippen molar-refractivity contribution in [2.75, 3.05) is 13.1 Å². The van der Waals surface area contributed by atoms with E-state index in [1.54, 1.807) is 12.1 Å². The van der Waals surface area contributed by atoms with Crippen LogP contribution in [-0.4, -0.2) is 23.8 Å². The number of benzene rings is 1. The molecule has 0 heterocycles. The fourth-order valence-corrected chi connectivity index (χ4v) is 1.75. The van der Waals surface area contributed by atoms with Crippen molar-refractivity contribution in [3.63, 3.8) is 0 Å². The summed E-state index contributed by atoms with van der Waals surface area (Å²) in [6.45, 7) is 6.65. The quantitative estimate of drug-likeness (QED) is 0.589. The number of amidine groups is 1. The first kappa shape index (κ1) is 13.6. The van der Waals surface area contributed by atoms with Gasteiger partial charge in [-0.05, 0) is 25.6 Å². The van der Waals surface area contributed by atoms with Crippen molar-refractivity contribution in [2.45, 2.75) is 26.8 Å². The van der Waals surface area contributed by atoms with E-state index in [2.05, 4.69) is 18.7 Å². The van der Waals surface area contributed by atoms with Crippen LogP contribution in [0.1, 0.15) is 31.4 Å². The predicted octanol–water partition coefficient (Wildman–Crippen LogP) is 2.34. The van der Waals surface area contributed by atoms with Gasteiger partial charge in [-0.2, -0.15) is 0 Å². The average molecular weight is 237 g/mol. The normalized spacial score (nSPS) is 10.8. The zero-order chi connectivity index (χ0) is 12.8. The second-order valence-corrected chi connectivity index (χ2v) is 4.09. The van der Waals surface area contributed by atoms with Gasteiger partial charge in [0.1, 0.15) is 11.7 Å². The highest BCUT2D eigenvalue weighted by Gasteiger charge is 2.08. The molecular formula is C13H20FN3. The molecule has 0 saturated heterocycles. The molecule has 1 aromatic rings. The molecule has 0 bridgehead atoms. The van der Waals surface area contributed by atoms with E-state index in [4.69, 9.17) is 11.1 Å². The molecule has 0 amide bonds. The van der Waals surface area contributed by atoms with Gasteiger partial charge >= 0.3 is 0 Å². The maximum atomic E-state index is 13.8. The summed E-state index contributed by atoms with van der Waals surface area (Å²) in [5.41, 5.74) is 6.41. The Morgan fingerprint density at radius 1 is 1.41 bits per heavy atom. The van der Waals surface area contributed by atoms with Gasteiger partial charge in [-0.15, -0.1) is 0 Å². The highest BCUT2D eigenvalue weighted by molar-refractivity contribution is 5.94. The van der Waals surface area contributed by atoms with Gasteiger partial charge in [0, 0.05) is 17.7 Å². The predicted molar refractivity (Wildman–Crippen MR) is 68.7 cm³/mol. The van der Waals surface area contributed by atoms with Gasteiger partial charge in [0.25, 0.3) is 0 Å². The minimum atomic E-state index is -0.285. The molecule has 0 fully saturated rings. The maximum Gasteiger partial charge on any atom is 0.128 e. The van der Waals surface area contributed by atoms with Crippen LogP contribution in [0, 0.1) is 11.2 Å². The van der Waals surface area contributed by atoms with E-state index in [-0.39, 0.29) is 11.7 Å². The van der Waals surface area contributed by atoms with Crippen LogP contribution in [0.5, 0.6) is 0 Å². The van der Waals surface area contributed by atoms with Crippen molar-refractivity contribution in [1.82, 2.24) is 4.90 Å². The van der Waals surface area contributed by atoms with Gasteiger partial charge in [-0.1, -0.05) is 26.0 Å². The van der Waals surface area contributed by atoms with E-state index in [1.807, 2.05) is 0 Å². The molecule has 17 heavy (non-hydrogen) atoms. The Morgan fingerprint density at radius 2 is 2.12 bits per heavy atom. The van der Waals surface area contributed by atoms with Crippen LogP contribution in [-0.2, 0) is 6.54 Å². The Balaban J connectivity index is 2.81. The minimum absolute atomic E-state index is 0.101. The third kappa shape index (κ3) is 3.82.